The van der Waals surface area contributed by atoms with Crippen LogP contribution in [0.3, 0.4) is 0 Å². The first-order valence-electron chi connectivity index (χ1n) is 9.77. The first-order valence-corrected chi connectivity index (χ1v) is 9.77. The number of aromatic nitrogens is 1. The number of pyridine rings is 1. The third kappa shape index (κ3) is 5.54. The Hall–Kier alpha value is -2.61. The molecule has 0 radical (unpaired) electrons. The summed E-state index contributed by atoms with van der Waals surface area (Å²) in [5.74, 6) is -57.4. The smallest absolute Gasteiger partial charge is 0.395 e. The molecule has 226 valence electrons. The molecule has 0 saturated heterocycles. The molecule has 0 bridgehead atoms. The van der Waals surface area contributed by atoms with Crippen molar-refractivity contribution in [2.24, 2.45) is 0 Å². The van der Waals surface area contributed by atoms with Gasteiger partial charge in [0.1, 0.15) is 0 Å². The van der Waals surface area contributed by atoms with Crippen LogP contribution in [0.1, 0.15) is 16.8 Å². The molecule has 0 saturated carbocycles. The molecule has 1 aromatic heterocycles. The first-order chi connectivity index (χ1) is 17.2. The molecule has 21 heteroatoms. The van der Waals surface area contributed by atoms with Crippen molar-refractivity contribution in [2.75, 3.05) is 13.2 Å². The Morgan fingerprint density at radius 3 is 1.44 bits per heavy atom. The molecule has 1 amide bonds. The van der Waals surface area contributed by atoms with Crippen LogP contribution in [0.15, 0.2) is 24.5 Å². The van der Waals surface area contributed by atoms with E-state index < -0.39 is 73.1 Å². The molecule has 2 N–H and O–H groups in total. The number of carbonyl (C=O) groups is 1. The topological polar surface area (TPSA) is 53.2 Å². The molecule has 1 aromatic rings. The molecule has 1 rings (SSSR count). The fourth-order valence-corrected chi connectivity index (χ4v) is 2.65. The lowest BCUT2D eigenvalue weighted by Gasteiger charge is -2.42. The minimum atomic E-state index is -8.66. The van der Waals surface area contributed by atoms with Crippen LogP contribution >= 0.6 is 0 Å². The molecule has 0 aliphatic heterocycles. The third-order valence-electron chi connectivity index (χ3n) is 5.02. The maximum Gasteiger partial charge on any atom is 0.460 e. The molecule has 0 aromatic carbocycles. The number of aliphatic hydroxyl groups excluding tert-OH is 1. The predicted molar refractivity (Wildman–Crippen MR) is 91.4 cm³/mol. The molecule has 0 aliphatic carbocycles. The number of alkyl halides is 17. The average Bonchev–Trinajstić information content (AvgIpc) is 2.80. The summed E-state index contributed by atoms with van der Waals surface area (Å²) < 4.78 is 226. The second-order valence-electron chi connectivity index (χ2n) is 7.70. The summed E-state index contributed by atoms with van der Waals surface area (Å²) in [6.07, 6.45) is -9.09. The summed E-state index contributed by atoms with van der Waals surface area (Å²) in [6, 6.07) is 1.63. The molecule has 1 heterocycles. The largest absolute Gasteiger partial charge is 0.460 e. The van der Waals surface area contributed by atoms with Crippen LogP contribution in [0.5, 0.6) is 0 Å². The minimum absolute atomic E-state index is 0.234. The van der Waals surface area contributed by atoms with Gasteiger partial charge in [-0.25, -0.2) is 4.57 Å². The van der Waals surface area contributed by atoms with Crippen molar-refractivity contribution in [1.29, 1.82) is 0 Å². The zero-order valence-electron chi connectivity index (χ0n) is 18.4. The number of amides is 1. The lowest BCUT2D eigenvalue weighted by atomic mass is 9.88. The molecule has 0 unspecified atom stereocenters. The highest BCUT2D eigenvalue weighted by atomic mass is 19.4. The zero-order valence-corrected chi connectivity index (χ0v) is 18.4. The minimum Gasteiger partial charge on any atom is -0.395 e. The molecule has 4 nitrogen and oxygen atoms in total. The van der Waals surface area contributed by atoms with Gasteiger partial charge >= 0.3 is 47.6 Å². The van der Waals surface area contributed by atoms with Crippen LogP contribution in [-0.2, 0) is 6.54 Å². The average molecular weight is 613 g/mol. The van der Waals surface area contributed by atoms with E-state index in [-0.39, 0.29) is 12.1 Å². The van der Waals surface area contributed by atoms with E-state index in [9.17, 15) is 79.4 Å². The van der Waals surface area contributed by atoms with E-state index in [0.717, 1.165) is 12.1 Å². The van der Waals surface area contributed by atoms with Gasteiger partial charge in [0.25, 0.3) is 5.91 Å². The van der Waals surface area contributed by atoms with Crippen LogP contribution in [0.2, 0.25) is 0 Å². The van der Waals surface area contributed by atoms with E-state index in [1.807, 2.05) is 0 Å². The summed E-state index contributed by atoms with van der Waals surface area (Å²) in [4.78, 5) is 11.6. The molecule has 0 spiro atoms. The molecule has 0 aliphatic rings. The van der Waals surface area contributed by atoms with Crippen LogP contribution in [0, 0.1) is 0 Å². The van der Waals surface area contributed by atoms with Gasteiger partial charge in [-0.2, -0.15) is 74.6 Å². The number of aliphatic hydroxyl groups is 1. The summed E-state index contributed by atoms with van der Waals surface area (Å²) in [7, 11) is 0. The Labute approximate surface area is 205 Å². The Kier molecular flexibility index (Phi) is 9.19. The fourth-order valence-electron chi connectivity index (χ4n) is 2.65. The lowest BCUT2D eigenvalue weighted by molar-refractivity contribution is -0.700. The van der Waals surface area contributed by atoms with Crippen molar-refractivity contribution in [1.82, 2.24) is 5.32 Å². The van der Waals surface area contributed by atoms with Crippen molar-refractivity contribution in [3.63, 3.8) is 0 Å². The van der Waals surface area contributed by atoms with Gasteiger partial charge in [0.15, 0.2) is 18.9 Å². The first kappa shape index (κ1) is 34.4. The molecule has 0 atom stereocenters. The number of hydrogen-bond donors (Lipinski definition) is 2. The highest BCUT2D eigenvalue weighted by molar-refractivity contribution is 5.93. The fraction of sp³-hybridized carbons (Fsp3) is 0.667. The van der Waals surface area contributed by atoms with Crippen molar-refractivity contribution < 1.29 is 89.1 Å². The number of carbonyl (C=O) groups excluding carboxylic acids is 1. The van der Waals surface area contributed by atoms with E-state index in [1.54, 1.807) is 0 Å². The van der Waals surface area contributed by atoms with E-state index >= 15 is 0 Å². The Morgan fingerprint density at radius 2 is 1.05 bits per heavy atom. The number of rotatable bonds is 12. The molecule has 39 heavy (non-hydrogen) atoms. The lowest BCUT2D eigenvalue weighted by Crippen LogP contribution is -2.74. The van der Waals surface area contributed by atoms with Gasteiger partial charge in [0, 0.05) is 18.7 Å². The van der Waals surface area contributed by atoms with Gasteiger partial charge in [0.05, 0.1) is 18.6 Å². The second kappa shape index (κ2) is 10.4. The quantitative estimate of drug-likeness (QED) is 0.255. The summed E-state index contributed by atoms with van der Waals surface area (Å²) in [5.41, 5.74) is -0.234. The summed E-state index contributed by atoms with van der Waals surface area (Å²) in [5, 5.41) is 10.7. The maximum atomic E-state index is 13.9. The molecular weight excluding hydrogens is 599 g/mol. The Bertz CT molecular complexity index is 1010. The predicted octanol–water partition coefficient (Wildman–Crippen LogP) is 5.10. The monoisotopic (exact) mass is 613 g/mol. The zero-order chi connectivity index (χ0) is 31.1. The second-order valence-corrected chi connectivity index (χ2v) is 7.70. The van der Waals surface area contributed by atoms with E-state index in [0.29, 0.717) is 17.0 Å². The number of hydrogen-bond acceptors (Lipinski definition) is 2. The van der Waals surface area contributed by atoms with Gasteiger partial charge in [-0.1, -0.05) is 0 Å². The van der Waals surface area contributed by atoms with Crippen molar-refractivity contribution in [2.45, 2.75) is 60.6 Å². The number of halogens is 17. The summed E-state index contributed by atoms with van der Waals surface area (Å²) >= 11 is 0. The van der Waals surface area contributed by atoms with Crippen molar-refractivity contribution in [3.05, 3.63) is 30.1 Å². The normalized spacial score (nSPS) is 14.9. The van der Waals surface area contributed by atoms with Crippen molar-refractivity contribution in [3.8, 4) is 0 Å². The standard InChI is InChI=1S/C18H13F17N2O2/c19-11(20,3-7-37-5-1-9(2-6-37)10(39)36-4-8-38)12(21,22)13(23,24)14(25,26)15(27,28)16(29,30)17(31,32)18(33,34)35/h1-2,5-6,38H,3-4,7-8H2/p+1. The van der Waals surface area contributed by atoms with Crippen LogP contribution < -0.4 is 9.88 Å². The van der Waals surface area contributed by atoms with Gasteiger partial charge in [-0.15, -0.1) is 0 Å². The van der Waals surface area contributed by atoms with Gasteiger partial charge in [-0.3, -0.25) is 4.79 Å². The van der Waals surface area contributed by atoms with E-state index in [1.165, 1.54) is 0 Å². The highest BCUT2D eigenvalue weighted by Crippen LogP contribution is 2.64. The van der Waals surface area contributed by atoms with Gasteiger partial charge in [0.2, 0.25) is 0 Å². The van der Waals surface area contributed by atoms with Crippen LogP contribution in [0.25, 0.3) is 0 Å². The number of aryl methyl sites for hydroxylation is 1. The maximum absolute atomic E-state index is 13.9. The van der Waals surface area contributed by atoms with Crippen LogP contribution in [0.4, 0.5) is 74.6 Å². The van der Waals surface area contributed by atoms with Crippen LogP contribution in [-0.4, -0.2) is 71.8 Å². The Morgan fingerprint density at radius 1 is 0.667 bits per heavy atom. The number of nitrogens with zero attached hydrogens (tertiary/aromatic N) is 1. The highest BCUT2D eigenvalue weighted by Gasteiger charge is 2.95. The Balaban J connectivity index is 3.31. The number of nitrogens with one attached hydrogen (secondary N) is 1. The molecular formula is C18H14F17N2O2+. The molecule has 0 fully saturated rings. The van der Waals surface area contributed by atoms with E-state index in [2.05, 4.69) is 5.32 Å². The SMILES string of the molecule is O=C(NCCO)c1cc[n+](CCC(F)(F)C(F)(F)C(F)(F)C(F)(F)C(F)(F)C(F)(F)C(F)(F)C(F)(F)F)cc1. The van der Waals surface area contributed by atoms with Gasteiger partial charge < -0.3 is 10.4 Å². The van der Waals surface area contributed by atoms with Gasteiger partial charge in [-0.05, 0) is 0 Å². The van der Waals surface area contributed by atoms with Crippen molar-refractivity contribution >= 4 is 5.91 Å². The third-order valence-corrected chi connectivity index (χ3v) is 5.02. The summed E-state index contributed by atoms with van der Waals surface area (Å²) in [6.45, 7) is -2.27. The van der Waals surface area contributed by atoms with E-state index in [4.69, 9.17) is 5.11 Å².